The van der Waals surface area contributed by atoms with Gasteiger partial charge in [-0.25, -0.2) is 8.42 Å². The molecule has 1 unspecified atom stereocenters. The van der Waals surface area contributed by atoms with Gasteiger partial charge in [-0.3, -0.25) is 9.36 Å². The van der Waals surface area contributed by atoms with Gasteiger partial charge in [0.05, 0.1) is 23.7 Å². The van der Waals surface area contributed by atoms with Gasteiger partial charge in [0.1, 0.15) is 5.60 Å². The number of nitrogens with one attached hydrogen (secondary N) is 1. The van der Waals surface area contributed by atoms with Gasteiger partial charge >= 0.3 is 5.97 Å². The van der Waals surface area contributed by atoms with Crippen molar-refractivity contribution in [2.45, 2.75) is 130 Å². The van der Waals surface area contributed by atoms with E-state index in [-0.39, 0.29) is 47.8 Å². The van der Waals surface area contributed by atoms with Gasteiger partial charge in [0.25, 0.3) is 0 Å². The van der Waals surface area contributed by atoms with Crippen LogP contribution in [0.4, 0.5) is 0 Å². The summed E-state index contributed by atoms with van der Waals surface area (Å²) in [7, 11) is -7.70. The van der Waals surface area contributed by atoms with Crippen LogP contribution in [-0.4, -0.2) is 38.5 Å². The third-order valence-electron chi connectivity index (χ3n) is 6.20. The molecule has 220 valence electrons. The molecule has 7 nitrogen and oxygen atoms in total. The first-order valence-electron chi connectivity index (χ1n) is 13.9. The van der Waals surface area contributed by atoms with Crippen LogP contribution in [0.3, 0.4) is 0 Å². The van der Waals surface area contributed by atoms with Crippen molar-refractivity contribution < 1.29 is 27.0 Å². The average Bonchev–Trinajstić information content (AvgIpc) is 2.74. The molecule has 0 saturated carbocycles. The number of rotatable bonds is 14. The van der Waals surface area contributed by atoms with Crippen LogP contribution in [0.25, 0.3) is 0 Å². The third-order valence-corrected chi connectivity index (χ3v) is 10.8. The van der Waals surface area contributed by atoms with Gasteiger partial charge in [0, 0.05) is 6.16 Å². The zero-order valence-corrected chi connectivity index (χ0v) is 27.4. The molecule has 1 aromatic rings. The maximum absolute atomic E-state index is 14.3. The number of benzene rings is 1. The number of hydrogen-bond acceptors (Lipinski definition) is 6. The van der Waals surface area contributed by atoms with Gasteiger partial charge in [0.2, 0.25) is 17.4 Å². The smallest absolute Gasteiger partial charge is 0.306 e. The molecular weight excluding hydrogens is 521 g/mol. The van der Waals surface area contributed by atoms with E-state index in [0.717, 1.165) is 16.7 Å². The van der Waals surface area contributed by atoms with E-state index in [2.05, 4.69) is 18.6 Å². The molecule has 0 fully saturated rings. The first-order valence-corrected chi connectivity index (χ1v) is 17.2. The summed E-state index contributed by atoms with van der Waals surface area (Å²) >= 11 is 0. The highest BCUT2D eigenvalue weighted by Gasteiger charge is 2.40. The number of sulfonamides is 1. The summed E-state index contributed by atoms with van der Waals surface area (Å²) in [4.78, 5) is 12.7. The Kier molecular flexibility index (Phi) is 12.8. The average molecular weight is 574 g/mol. The molecule has 1 aromatic carbocycles. The van der Waals surface area contributed by atoms with Crippen molar-refractivity contribution in [3.05, 3.63) is 28.8 Å². The van der Waals surface area contributed by atoms with Crippen molar-refractivity contribution >= 4 is 23.4 Å². The number of ether oxygens (including phenoxy) is 1. The van der Waals surface area contributed by atoms with Crippen molar-refractivity contribution in [1.82, 2.24) is 4.72 Å². The molecule has 0 spiro atoms. The molecule has 0 heterocycles. The van der Waals surface area contributed by atoms with E-state index in [1.165, 1.54) is 0 Å². The third kappa shape index (κ3) is 10.1. The molecule has 0 aliphatic heterocycles. The van der Waals surface area contributed by atoms with Gasteiger partial charge in [-0.15, -0.1) is 0 Å². The Balaban J connectivity index is 3.63. The molecule has 0 bridgehead atoms. The monoisotopic (exact) mass is 573 g/mol. The maximum Gasteiger partial charge on any atom is 0.306 e. The van der Waals surface area contributed by atoms with Gasteiger partial charge in [-0.1, -0.05) is 67.5 Å². The first-order chi connectivity index (χ1) is 17.2. The van der Waals surface area contributed by atoms with Crippen LogP contribution >= 0.6 is 7.37 Å². The molecule has 0 radical (unpaired) electrons. The van der Waals surface area contributed by atoms with E-state index in [1.54, 1.807) is 27.7 Å². The lowest BCUT2D eigenvalue weighted by atomic mass is 9.89. The second-order valence-electron chi connectivity index (χ2n) is 12.5. The molecule has 9 heteroatoms. The predicted octanol–water partition coefficient (Wildman–Crippen LogP) is 7.75. The molecule has 2 atom stereocenters. The molecule has 0 aliphatic carbocycles. The summed E-state index contributed by atoms with van der Waals surface area (Å²) in [5.41, 5.74) is 1.91. The lowest BCUT2D eigenvalue weighted by Gasteiger charge is -2.31. The van der Waals surface area contributed by atoms with Crippen molar-refractivity contribution in [2.75, 3.05) is 12.8 Å². The van der Waals surface area contributed by atoms with Crippen LogP contribution in [0.5, 0.6) is 0 Å². The van der Waals surface area contributed by atoms with E-state index in [4.69, 9.17) is 9.26 Å². The minimum Gasteiger partial charge on any atom is -0.460 e. The van der Waals surface area contributed by atoms with E-state index < -0.39 is 34.7 Å². The highest BCUT2D eigenvalue weighted by Crippen LogP contribution is 2.54. The summed E-state index contributed by atoms with van der Waals surface area (Å²) in [6.07, 6.45) is 0.0847. The molecule has 0 amide bonds. The summed E-state index contributed by atoms with van der Waals surface area (Å²) in [5, 5.41) is 0. The van der Waals surface area contributed by atoms with Crippen LogP contribution < -0.4 is 4.72 Å². The van der Waals surface area contributed by atoms with Crippen molar-refractivity contribution in [1.29, 1.82) is 0 Å². The Labute approximate surface area is 232 Å². The molecular formula is C29H52NO6PS. The zero-order chi connectivity index (χ0) is 29.6. The number of esters is 1. The van der Waals surface area contributed by atoms with Crippen molar-refractivity contribution in [3.63, 3.8) is 0 Å². The first kappa shape index (κ1) is 34.8. The van der Waals surface area contributed by atoms with Crippen LogP contribution in [0.1, 0.15) is 130 Å². The van der Waals surface area contributed by atoms with E-state index in [1.807, 2.05) is 53.7 Å². The summed E-state index contributed by atoms with van der Waals surface area (Å²) in [6.45, 7) is 23.2. The molecule has 1 N–H and O–H groups in total. The van der Waals surface area contributed by atoms with E-state index >= 15 is 0 Å². The SMILES string of the molecule is CCOP(=O)(CCC(=O)OC(C)(C)C)[C@H](CC(C)C)NS(=O)(=O)c1c(C(C)C)cc(C(C)C)cc1C(C)C. The molecule has 38 heavy (non-hydrogen) atoms. The number of hydrogen-bond donors (Lipinski definition) is 1. The standard InChI is InChI=1S/C29H52NO6PS/c1-13-35-37(32,15-14-27(31)36-29(10,11)12)26(16-19(2)3)30-38(33,34)28-24(21(6)7)17-23(20(4)5)18-25(28)22(8)9/h17-22,26,30H,13-16H2,1-12H3/t26-,37?/m1/s1. The van der Waals surface area contributed by atoms with Gasteiger partial charge in [0.15, 0.2) is 0 Å². The fourth-order valence-corrected chi connectivity index (χ4v) is 9.48. The lowest BCUT2D eigenvalue weighted by molar-refractivity contribution is -0.154. The Morgan fingerprint density at radius 1 is 0.947 bits per heavy atom. The van der Waals surface area contributed by atoms with Gasteiger partial charge in [-0.2, -0.15) is 4.72 Å². The largest absolute Gasteiger partial charge is 0.460 e. The number of carbonyl (C=O) groups is 1. The minimum atomic E-state index is -4.09. The zero-order valence-electron chi connectivity index (χ0n) is 25.7. The molecule has 0 aliphatic rings. The lowest BCUT2D eigenvalue weighted by Crippen LogP contribution is -2.38. The fourth-order valence-electron chi connectivity index (χ4n) is 4.34. The summed E-state index contributed by atoms with van der Waals surface area (Å²) in [5.74, 6) is -1.25. The second-order valence-corrected chi connectivity index (χ2v) is 16.9. The molecule has 0 aromatic heterocycles. The van der Waals surface area contributed by atoms with Crippen molar-refractivity contribution in [2.24, 2.45) is 5.92 Å². The normalized spacial score (nSPS) is 15.4. The highest BCUT2D eigenvalue weighted by molar-refractivity contribution is 7.90. The second kappa shape index (κ2) is 13.9. The van der Waals surface area contributed by atoms with Crippen LogP contribution in [0.2, 0.25) is 0 Å². The molecule has 1 rings (SSSR count). The number of carbonyl (C=O) groups excluding carboxylic acids is 1. The van der Waals surface area contributed by atoms with Gasteiger partial charge in [-0.05, 0) is 74.5 Å². The summed E-state index contributed by atoms with van der Waals surface area (Å²) in [6, 6.07) is 3.97. The van der Waals surface area contributed by atoms with Gasteiger partial charge < -0.3 is 9.26 Å². The fraction of sp³-hybridized carbons (Fsp3) is 0.759. The predicted molar refractivity (Wildman–Crippen MR) is 157 cm³/mol. The Morgan fingerprint density at radius 2 is 1.45 bits per heavy atom. The Bertz CT molecular complexity index is 1060. The van der Waals surface area contributed by atoms with Crippen LogP contribution in [-0.2, 0) is 28.6 Å². The summed E-state index contributed by atoms with van der Waals surface area (Å²) < 4.78 is 56.6. The maximum atomic E-state index is 14.3. The van der Waals surface area contributed by atoms with Crippen LogP contribution in [0, 0.1) is 5.92 Å². The van der Waals surface area contributed by atoms with Crippen molar-refractivity contribution in [3.8, 4) is 0 Å². The van der Waals surface area contributed by atoms with E-state index in [0.29, 0.717) is 6.42 Å². The Hall–Kier alpha value is -1.21. The highest BCUT2D eigenvalue weighted by atomic mass is 32.2. The Morgan fingerprint density at radius 3 is 1.82 bits per heavy atom. The minimum absolute atomic E-state index is 0.0350. The van der Waals surface area contributed by atoms with Crippen LogP contribution in [0.15, 0.2) is 17.0 Å². The topological polar surface area (TPSA) is 98.8 Å². The quantitative estimate of drug-likeness (QED) is 0.180. The molecule has 0 saturated heterocycles. The van der Waals surface area contributed by atoms with E-state index in [9.17, 15) is 17.8 Å².